The first-order chi connectivity index (χ1) is 7.50. The van der Waals surface area contributed by atoms with Crippen LogP contribution in [0.15, 0.2) is 12.3 Å². The molecule has 0 amide bonds. The quantitative estimate of drug-likeness (QED) is 0.813. The molecule has 16 heavy (non-hydrogen) atoms. The van der Waals surface area contributed by atoms with Gasteiger partial charge in [-0.05, 0) is 13.0 Å². The van der Waals surface area contributed by atoms with E-state index >= 15 is 0 Å². The number of carboxylic acids is 1. The molecule has 2 aromatic heterocycles. The monoisotopic (exact) mass is 220 g/mol. The van der Waals surface area contributed by atoms with Crippen molar-refractivity contribution in [2.75, 3.05) is 0 Å². The Labute approximate surface area is 92.1 Å². The highest BCUT2D eigenvalue weighted by atomic mass is 16.4. The van der Waals surface area contributed by atoms with Gasteiger partial charge >= 0.3 is 5.97 Å². The number of rotatable bonds is 2. The van der Waals surface area contributed by atoms with Crippen LogP contribution in [0, 0.1) is 6.92 Å². The van der Waals surface area contributed by atoms with Gasteiger partial charge < -0.3 is 5.11 Å². The van der Waals surface area contributed by atoms with Gasteiger partial charge in [0.1, 0.15) is 17.0 Å². The lowest BCUT2D eigenvalue weighted by Crippen LogP contribution is -2.01. The van der Waals surface area contributed by atoms with Crippen LogP contribution in [0.1, 0.15) is 16.1 Å². The summed E-state index contributed by atoms with van der Waals surface area (Å²) in [4.78, 5) is 11.0. The van der Waals surface area contributed by atoms with Crippen molar-refractivity contribution in [1.82, 2.24) is 19.6 Å². The molecule has 0 aliphatic heterocycles. The maximum Gasteiger partial charge on any atom is 0.339 e. The molecule has 2 rings (SSSR count). The molecule has 2 heterocycles. The summed E-state index contributed by atoms with van der Waals surface area (Å²) >= 11 is 0. The van der Waals surface area contributed by atoms with E-state index in [1.807, 2.05) is 20.0 Å². The fraction of sp³-hybridized carbons (Fsp3) is 0.300. The molecule has 6 nitrogen and oxygen atoms in total. The zero-order valence-corrected chi connectivity index (χ0v) is 9.30. The molecule has 1 N–H and O–H groups in total. The summed E-state index contributed by atoms with van der Waals surface area (Å²) in [5.41, 5.74) is 2.28. The summed E-state index contributed by atoms with van der Waals surface area (Å²) in [7, 11) is 3.52. The highest BCUT2D eigenvalue weighted by Crippen LogP contribution is 2.22. The molecule has 0 radical (unpaired) electrons. The zero-order valence-electron chi connectivity index (χ0n) is 9.30. The SMILES string of the molecule is Cc1cc(-c2c(C(=O)O)cnn2C)nn1C. The maximum atomic E-state index is 11.0. The van der Waals surface area contributed by atoms with Gasteiger partial charge in [-0.1, -0.05) is 0 Å². The lowest BCUT2D eigenvalue weighted by atomic mass is 10.2. The fourth-order valence-corrected chi connectivity index (χ4v) is 1.57. The van der Waals surface area contributed by atoms with Crippen molar-refractivity contribution < 1.29 is 9.90 Å². The van der Waals surface area contributed by atoms with Crippen molar-refractivity contribution in [2.45, 2.75) is 6.92 Å². The van der Waals surface area contributed by atoms with E-state index in [4.69, 9.17) is 5.11 Å². The number of carbonyl (C=O) groups is 1. The molecule has 0 bridgehead atoms. The lowest BCUT2D eigenvalue weighted by molar-refractivity contribution is 0.0697. The molecular formula is C10H12N4O2. The van der Waals surface area contributed by atoms with Crippen LogP contribution in [0.4, 0.5) is 0 Å². The molecule has 84 valence electrons. The topological polar surface area (TPSA) is 72.9 Å². The van der Waals surface area contributed by atoms with Crippen molar-refractivity contribution in [2.24, 2.45) is 14.1 Å². The van der Waals surface area contributed by atoms with E-state index in [0.29, 0.717) is 11.4 Å². The van der Waals surface area contributed by atoms with Crippen LogP contribution in [-0.4, -0.2) is 30.6 Å². The largest absolute Gasteiger partial charge is 0.478 e. The molecule has 0 aromatic carbocycles. The van der Waals surface area contributed by atoms with E-state index in [-0.39, 0.29) is 5.56 Å². The number of carboxylic acid groups (broad SMARTS) is 1. The van der Waals surface area contributed by atoms with Gasteiger partial charge in [0.25, 0.3) is 0 Å². The van der Waals surface area contributed by atoms with E-state index in [2.05, 4.69) is 10.2 Å². The molecule has 0 spiro atoms. The van der Waals surface area contributed by atoms with Gasteiger partial charge in [-0.3, -0.25) is 9.36 Å². The molecule has 0 aliphatic carbocycles. The Morgan fingerprint density at radius 1 is 1.38 bits per heavy atom. The van der Waals surface area contributed by atoms with Gasteiger partial charge in [-0.2, -0.15) is 10.2 Å². The van der Waals surface area contributed by atoms with Crippen molar-refractivity contribution in [3.8, 4) is 11.4 Å². The maximum absolute atomic E-state index is 11.0. The number of aromatic carboxylic acids is 1. The van der Waals surface area contributed by atoms with Crippen molar-refractivity contribution in [3.05, 3.63) is 23.5 Å². The van der Waals surface area contributed by atoms with Crippen molar-refractivity contribution >= 4 is 5.97 Å². The van der Waals surface area contributed by atoms with Crippen LogP contribution in [-0.2, 0) is 14.1 Å². The fourth-order valence-electron chi connectivity index (χ4n) is 1.57. The summed E-state index contributed by atoms with van der Waals surface area (Å²) < 4.78 is 3.22. The van der Waals surface area contributed by atoms with Crippen LogP contribution < -0.4 is 0 Å². The Kier molecular flexibility index (Phi) is 2.26. The number of nitrogens with zero attached hydrogens (tertiary/aromatic N) is 4. The Hall–Kier alpha value is -2.11. The number of hydrogen-bond donors (Lipinski definition) is 1. The third-order valence-corrected chi connectivity index (χ3v) is 2.53. The van der Waals surface area contributed by atoms with Crippen LogP contribution in [0.2, 0.25) is 0 Å². The summed E-state index contributed by atoms with van der Waals surface area (Å²) in [6.07, 6.45) is 1.34. The summed E-state index contributed by atoms with van der Waals surface area (Å²) in [6, 6.07) is 1.84. The minimum absolute atomic E-state index is 0.167. The predicted octanol–water partition coefficient (Wildman–Crippen LogP) is 0.827. The van der Waals surface area contributed by atoms with Crippen molar-refractivity contribution in [1.29, 1.82) is 0 Å². The smallest absolute Gasteiger partial charge is 0.339 e. The van der Waals surface area contributed by atoms with E-state index in [1.54, 1.807) is 11.7 Å². The average molecular weight is 220 g/mol. The molecule has 0 aliphatic rings. The van der Waals surface area contributed by atoms with Gasteiger partial charge in [-0.15, -0.1) is 0 Å². The zero-order chi connectivity index (χ0) is 11.9. The Balaban J connectivity index is 2.63. The Morgan fingerprint density at radius 3 is 2.56 bits per heavy atom. The molecule has 6 heteroatoms. The Morgan fingerprint density at radius 2 is 2.06 bits per heavy atom. The second-order valence-electron chi connectivity index (χ2n) is 3.63. The van der Waals surface area contributed by atoms with Crippen LogP contribution in [0.5, 0.6) is 0 Å². The standard InChI is InChI=1S/C10H12N4O2/c1-6-4-8(12-13(6)2)9-7(10(15)16)5-11-14(9)3/h4-5H,1-3H3,(H,15,16). The number of aromatic nitrogens is 4. The van der Waals surface area contributed by atoms with E-state index in [9.17, 15) is 4.79 Å². The van der Waals surface area contributed by atoms with Crippen LogP contribution in [0.3, 0.4) is 0 Å². The first kappa shape index (κ1) is 10.4. The second kappa shape index (κ2) is 3.48. The van der Waals surface area contributed by atoms with Gasteiger partial charge in [-0.25, -0.2) is 4.79 Å². The third kappa shape index (κ3) is 1.48. The van der Waals surface area contributed by atoms with E-state index in [0.717, 1.165) is 5.69 Å². The lowest BCUT2D eigenvalue weighted by Gasteiger charge is -1.99. The molecule has 0 saturated heterocycles. The molecule has 0 fully saturated rings. The first-order valence-corrected chi connectivity index (χ1v) is 4.77. The van der Waals surface area contributed by atoms with Gasteiger partial charge in [0.05, 0.1) is 6.20 Å². The second-order valence-corrected chi connectivity index (χ2v) is 3.63. The first-order valence-electron chi connectivity index (χ1n) is 4.77. The van der Waals surface area contributed by atoms with Gasteiger partial charge in [0.15, 0.2) is 0 Å². The highest BCUT2D eigenvalue weighted by Gasteiger charge is 2.19. The third-order valence-electron chi connectivity index (χ3n) is 2.53. The summed E-state index contributed by atoms with van der Waals surface area (Å²) in [5.74, 6) is -0.994. The van der Waals surface area contributed by atoms with Crippen LogP contribution >= 0.6 is 0 Å². The minimum atomic E-state index is -0.994. The normalized spacial score (nSPS) is 10.7. The summed E-state index contributed by atoms with van der Waals surface area (Å²) in [6.45, 7) is 1.91. The molecule has 0 saturated carbocycles. The van der Waals surface area contributed by atoms with E-state index < -0.39 is 5.97 Å². The van der Waals surface area contributed by atoms with Crippen molar-refractivity contribution in [3.63, 3.8) is 0 Å². The van der Waals surface area contributed by atoms with Gasteiger partial charge in [0, 0.05) is 19.8 Å². The number of aryl methyl sites for hydroxylation is 3. The van der Waals surface area contributed by atoms with Gasteiger partial charge in [0.2, 0.25) is 0 Å². The average Bonchev–Trinajstić information content (AvgIpc) is 2.71. The van der Waals surface area contributed by atoms with E-state index in [1.165, 1.54) is 10.9 Å². The van der Waals surface area contributed by atoms with Crippen LogP contribution in [0.25, 0.3) is 11.4 Å². The molecule has 0 atom stereocenters. The highest BCUT2D eigenvalue weighted by molar-refractivity contribution is 5.94. The minimum Gasteiger partial charge on any atom is -0.478 e. The molecular weight excluding hydrogens is 208 g/mol. The summed E-state index contributed by atoms with van der Waals surface area (Å²) in [5, 5.41) is 17.2. The predicted molar refractivity (Wildman–Crippen MR) is 57.1 cm³/mol. The number of hydrogen-bond acceptors (Lipinski definition) is 3. The molecule has 0 unspecified atom stereocenters. The molecule has 2 aromatic rings. The Bertz CT molecular complexity index is 534.